The van der Waals surface area contributed by atoms with Crippen LogP contribution >= 0.6 is 11.8 Å². The Morgan fingerprint density at radius 1 is 1.17 bits per heavy atom. The molecule has 0 fully saturated rings. The van der Waals surface area contributed by atoms with E-state index in [1.165, 1.54) is 0 Å². The van der Waals surface area contributed by atoms with Crippen LogP contribution in [0.4, 0.5) is 5.69 Å². The zero-order valence-corrected chi connectivity index (χ0v) is 16.9. The van der Waals surface area contributed by atoms with Gasteiger partial charge >= 0.3 is 0 Å². The highest BCUT2D eigenvalue weighted by Crippen LogP contribution is 2.24. The molecule has 0 saturated carbocycles. The van der Waals surface area contributed by atoms with Crippen LogP contribution in [0, 0.1) is 12.3 Å². The van der Waals surface area contributed by atoms with Gasteiger partial charge in [-0.25, -0.2) is 0 Å². The molecule has 0 atom stereocenters. The second-order valence-electron chi connectivity index (χ2n) is 5.94. The second-order valence-corrected chi connectivity index (χ2v) is 6.87. The van der Waals surface area contributed by atoms with Gasteiger partial charge < -0.3 is 19.8 Å². The molecule has 0 bridgehead atoms. The van der Waals surface area contributed by atoms with E-state index in [0.717, 1.165) is 23.1 Å². The van der Waals surface area contributed by atoms with Gasteiger partial charge in [0, 0.05) is 16.8 Å². The predicted octanol–water partition coefficient (Wildman–Crippen LogP) is 2.57. The van der Waals surface area contributed by atoms with Crippen molar-refractivity contribution < 1.29 is 18.7 Å². The van der Waals surface area contributed by atoms with Crippen LogP contribution in [0.15, 0.2) is 58.2 Å². The van der Waals surface area contributed by atoms with Gasteiger partial charge in [-0.1, -0.05) is 23.7 Å². The molecular formula is C21H18N4O4S. The lowest BCUT2D eigenvalue weighted by Gasteiger charge is -2.06. The molecule has 8 nitrogen and oxygen atoms in total. The number of benzene rings is 2. The summed E-state index contributed by atoms with van der Waals surface area (Å²) in [6.45, 7) is -0.166. The van der Waals surface area contributed by atoms with Crippen molar-refractivity contribution in [3.8, 4) is 29.5 Å². The minimum absolute atomic E-state index is 0.0318. The predicted molar refractivity (Wildman–Crippen MR) is 113 cm³/mol. The van der Waals surface area contributed by atoms with Crippen LogP contribution in [-0.2, 0) is 9.59 Å². The third-order valence-corrected chi connectivity index (χ3v) is 4.65. The number of carbonyl (C=O) groups excluding carboxylic acids is 2. The maximum Gasteiger partial charge on any atom is 0.277 e. The van der Waals surface area contributed by atoms with Crippen LogP contribution in [0.3, 0.4) is 0 Å². The summed E-state index contributed by atoms with van der Waals surface area (Å²) in [6, 6.07) is 14.0. The number of carbonyl (C=O) groups is 2. The number of hydrogen-bond acceptors (Lipinski definition) is 7. The maximum atomic E-state index is 12.0. The SMILES string of the molecule is C#Cc1cccc(NC(=O)CNC(=O)CSc2nnc(-c3ccc(OC)cc3)o2)c1. The molecule has 0 unspecified atom stereocenters. The average molecular weight is 422 g/mol. The van der Waals surface area contributed by atoms with Crippen molar-refractivity contribution in [1.82, 2.24) is 15.5 Å². The largest absolute Gasteiger partial charge is 0.497 e. The lowest BCUT2D eigenvalue weighted by atomic mass is 10.2. The fourth-order valence-corrected chi connectivity index (χ4v) is 2.96. The van der Waals surface area contributed by atoms with E-state index in [9.17, 15) is 9.59 Å². The summed E-state index contributed by atoms with van der Waals surface area (Å²) in [5, 5.41) is 13.3. The van der Waals surface area contributed by atoms with Crippen LogP contribution in [0.5, 0.6) is 5.75 Å². The summed E-state index contributed by atoms with van der Waals surface area (Å²) < 4.78 is 10.7. The molecule has 2 amide bonds. The Labute approximate surface area is 177 Å². The highest BCUT2D eigenvalue weighted by atomic mass is 32.2. The normalized spacial score (nSPS) is 10.1. The second kappa shape index (κ2) is 10.1. The lowest BCUT2D eigenvalue weighted by Crippen LogP contribution is -2.33. The van der Waals surface area contributed by atoms with Gasteiger partial charge in [0.2, 0.25) is 17.7 Å². The fraction of sp³-hybridized carbons (Fsp3) is 0.143. The molecule has 2 aromatic carbocycles. The van der Waals surface area contributed by atoms with E-state index < -0.39 is 0 Å². The van der Waals surface area contributed by atoms with E-state index in [4.69, 9.17) is 15.6 Å². The number of hydrogen-bond donors (Lipinski definition) is 2. The molecule has 30 heavy (non-hydrogen) atoms. The summed E-state index contributed by atoms with van der Waals surface area (Å²) in [6.07, 6.45) is 5.33. The number of rotatable bonds is 8. The van der Waals surface area contributed by atoms with Crippen LogP contribution in [0.25, 0.3) is 11.5 Å². The van der Waals surface area contributed by atoms with Gasteiger partial charge in [-0.05, 0) is 42.5 Å². The van der Waals surface area contributed by atoms with Gasteiger partial charge in [0.15, 0.2) is 0 Å². The number of ether oxygens (including phenoxy) is 1. The molecule has 0 aliphatic carbocycles. The topological polar surface area (TPSA) is 106 Å². The third-order valence-electron chi connectivity index (χ3n) is 3.83. The minimum atomic E-state index is -0.359. The summed E-state index contributed by atoms with van der Waals surface area (Å²) in [7, 11) is 1.59. The Balaban J connectivity index is 1.44. The minimum Gasteiger partial charge on any atom is -0.497 e. The first-order valence-corrected chi connectivity index (χ1v) is 9.80. The standard InChI is InChI=1S/C21H18N4O4S/c1-3-14-5-4-6-16(11-14)23-18(26)12-22-19(27)13-30-21-25-24-20(29-21)15-7-9-17(28-2)10-8-15/h1,4-11H,12-13H2,2H3,(H,22,27)(H,23,26). The van der Waals surface area contributed by atoms with Crippen molar-refractivity contribution in [2.75, 3.05) is 24.7 Å². The van der Waals surface area contributed by atoms with Gasteiger partial charge in [0.1, 0.15) is 5.75 Å². The van der Waals surface area contributed by atoms with Crippen molar-refractivity contribution >= 4 is 29.3 Å². The summed E-state index contributed by atoms with van der Waals surface area (Å²) >= 11 is 1.08. The first kappa shape index (κ1) is 21.0. The molecule has 0 aliphatic rings. The van der Waals surface area contributed by atoms with Gasteiger partial charge in [0.05, 0.1) is 19.4 Å². The van der Waals surface area contributed by atoms with Crippen molar-refractivity contribution in [3.63, 3.8) is 0 Å². The zero-order chi connectivity index (χ0) is 21.3. The van der Waals surface area contributed by atoms with Crippen molar-refractivity contribution in [3.05, 3.63) is 54.1 Å². The fourth-order valence-electron chi connectivity index (χ4n) is 2.37. The van der Waals surface area contributed by atoms with Crippen molar-refractivity contribution in [1.29, 1.82) is 0 Å². The lowest BCUT2D eigenvalue weighted by molar-refractivity contribution is -0.122. The molecule has 1 aromatic heterocycles. The first-order valence-electron chi connectivity index (χ1n) is 8.81. The molecule has 1 heterocycles. The highest BCUT2D eigenvalue weighted by Gasteiger charge is 2.12. The molecule has 9 heteroatoms. The number of methoxy groups -OCH3 is 1. The van der Waals surface area contributed by atoms with Gasteiger partial charge in [-0.3, -0.25) is 9.59 Å². The van der Waals surface area contributed by atoms with E-state index >= 15 is 0 Å². The number of nitrogens with zero attached hydrogens (tertiary/aromatic N) is 2. The molecule has 2 N–H and O–H groups in total. The van der Waals surface area contributed by atoms with E-state index in [-0.39, 0.29) is 29.3 Å². The first-order chi connectivity index (χ1) is 14.6. The Kier molecular flexibility index (Phi) is 7.08. The molecule has 0 saturated heterocycles. The van der Waals surface area contributed by atoms with Gasteiger partial charge in [0.25, 0.3) is 5.22 Å². The number of anilines is 1. The Bertz CT molecular complexity index is 1070. The zero-order valence-electron chi connectivity index (χ0n) is 16.0. The molecule has 152 valence electrons. The van der Waals surface area contributed by atoms with E-state index in [2.05, 4.69) is 26.8 Å². The highest BCUT2D eigenvalue weighted by molar-refractivity contribution is 7.99. The molecule has 3 rings (SSSR count). The maximum absolute atomic E-state index is 12.0. The Morgan fingerprint density at radius 3 is 2.70 bits per heavy atom. The smallest absolute Gasteiger partial charge is 0.277 e. The number of aromatic nitrogens is 2. The van der Waals surface area contributed by atoms with E-state index in [1.807, 2.05) is 0 Å². The Morgan fingerprint density at radius 2 is 1.97 bits per heavy atom. The van der Waals surface area contributed by atoms with Crippen LogP contribution in [-0.4, -0.2) is 41.4 Å². The molecule has 0 aliphatic heterocycles. The number of thioether (sulfide) groups is 1. The van der Waals surface area contributed by atoms with Gasteiger partial charge in [-0.15, -0.1) is 16.6 Å². The Hall–Kier alpha value is -3.77. The number of nitrogens with one attached hydrogen (secondary N) is 2. The number of amides is 2. The molecule has 0 spiro atoms. The third kappa shape index (κ3) is 5.86. The van der Waals surface area contributed by atoms with Crippen molar-refractivity contribution in [2.45, 2.75) is 5.22 Å². The van der Waals surface area contributed by atoms with Crippen molar-refractivity contribution in [2.24, 2.45) is 0 Å². The number of terminal acetylenes is 1. The monoisotopic (exact) mass is 422 g/mol. The molecule has 3 aromatic rings. The summed E-state index contributed by atoms with van der Waals surface area (Å²) in [5.74, 6) is 2.89. The summed E-state index contributed by atoms with van der Waals surface area (Å²) in [5.41, 5.74) is 1.96. The van der Waals surface area contributed by atoms with Crippen LogP contribution in [0.1, 0.15) is 5.56 Å². The average Bonchev–Trinajstić information content (AvgIpc) is 3.25. The van der Waals surface area contributed by atoms with Gasteiger partial charge in [-0.2, -0.15) is 0 Å². The van der Waals surface area contributed by atoms with Crippen LogP contribution < -0.4 is 15.4 Å². The molecule has 0 radical (unpaired) electrons. The van der Waals surface area contributed by atoms with E-state index in [1.54, 1.807) is 55.6 Å². The molecular weight excluding hydrogens is 404 g/mol. The quantitative estimate of drug-likeness (QED) is 0.424. The van der Waals surface area contributed by atoms with E-state index in [0.29, 0.717) is 17.1 Å². The summed E-state index contributed by atoms with van der Waals surface area (Å²) in [4.78, 5) is 23.9. The van der Waals surface area contributed by atoms with Crippen LogP contribution in [0.2, 0.25) is 0 Å².